The third kappa shape index (κ3) is 3.48. The molecule has 1 saturated heterocycles. The highest BCUT2D eigenvalue weighted by Gasteiger charge is 2.33. The second-order valence-electron chi connectivity index (χ2n) is 4.63. The summed E-state index contributed by atoms with van der Waals surface area (Å²) < 4.78 is 5.47. The molecule has 1 amide bonds. The van der Waals surface area contributed by atoms with Crippen LogP contribution < -0.4 is 9.84 Å². The summed E-state index contributed by atoms with van der Waals surface area (Å²) in [4.78, 5) is 24.8. The molecule has 1 aliphatic heterocycles. The van der Waals surface area contributed by atoms with E-state index >= 15 is 0 Å². The van der Waals surface area contributed by atoms with Gasteiger partial charge in [0, 0.05) is 18.9 Å². The molecule has 1 heterocycles. The van der Waals surface area contributed by atoms with Crippen LogP contribution in [0.1, 0.15) is 18.9 Å². The molecule has 22 heavy (non-hydrogen) atoms. The number of carbonyl (C=O) groups is 2. The quantitative estimate of drug-likeness (QED) is 0.598. The molecule has 0 aromatic heterocycles. The number of thioether (sulfide) groups is 1. The zero-order valence-electron chi connectivity index (χ0n) is 12.1. The highest BCUT2D eigenvalue weighted by molar-refractivity contribution is 8.26. The number of allylic oxidation sites excluding steroid dienone is 1. The zero-order chi connectivity index (χ0) is 16.3. The molecule has 7 heteroatoms. The van der Waals surface area contributed by atoms with Crippen molar-refractivity contribution in [2.45, 2.75) is 13.3 Å². The number of rotatable bonds is 5. The SMILES string of the molecule is COc1ccc(/C(C)=C2/SC(=S)N(CCC(=O)[O-])C2=O)cc1. The third-order valence-electron chi connectivity index (χ3n) is 3.25. The molecule has 0 aliphatic carbocycles. The Bertz CT molecular complexity index is 652. The van der Waals surface area contributed by atoms with Gasteiger partial charge in [-0.15, -0.1) is 0 Å². The summed E-state index contributed by atoms with van der Waals surface area (Å²) in [5, 5.41) is 10.5. The molecule has 1 aliphatic rings. The summed E-state index contributed by atoms with van der Waals surface area (Å²) in [6.07, 6.45) is -0.235. The molecule has 0 atom stereocenters. The molecule has 0 spiro atoms. The number of carboxylic acids is 1. The average molecular weight is 336 g/mol. The molecule has 1 fully saturated rings. The normalized spacial score (nSPS) is 16.9. The van der Waals surface area contributed by atoms with Gasteiger partial charge in [-0.1, -0.05) is 36.1 Å². The van der Waals surface area contributed by atoms with E-state index < -0.39 is 5.97 Å². The fraction of sp³-hybridized carbons (Fsp3) is 0.267. The number of methoxy groups -OCH3 is 1. The van der Waals surface area contributed by atoms with Crippen molar-refractivity contribution >= 4 is 45.7 Å². The van der Waals surface area contributed by atoms with Gasteiger partial charge in [-0.3, -0.25) is 9.69 Å². The lowest BCUT2D eigenvalue weighted by Crippen LogP contribution is -2.33. The van der Waals surface area contributed by atoms with E-state index in [9.17, 15) is 14.7 Å². The zero-order valence-corrected chi connectivity index (χ0v) is 13.8. The largest absolute Gasteiger partial charge is 0.550 e. The minimum Gasteiger partial charge on any atom is -0.550 e. The minimum absolute atomic E-state index is 0.0341. The Balaban J connectivity index is 2.24. The summed E-state index contributed by atoms with van der Waals surface area (Å²) in [5.74, 6) is -0.729. The Morgan fingerprint density at radius 3 is 2.55 bits per heavy atom. The number of hydrogen-bond acceptors (Lipinski definition) is 6. The van der Waals surface area contributed by atoms with E-state index in [1.807, 2.05) is 31.2 Å². The fourth-order valence-electron chi connectivity index (χ4n) is 2.00. The maximum atomic E-state index is 12.4. The highest BCUT2D eigenvalue weighted by atomic mass is 32.2. The van der Waals surface area contributed by atoms with Gasteiger partial charge in [0.1, 0.15) is 10.1 Å². The van der Waals surface area contributed by atoms with Gasteiger partial charge in [-0.2, -0.15) is 0 Å². The number of benzene rings is 1. The summed E-state index contributed by atoms with van der Waals surface area (Å²) in [6, 6.07) is 7.36. The van der Waals surface area contributed by atoms with E-state index in [0.717, 1.165) is 16.9 Å². The Kier molecular flexibility index (Phi) is 5.20. The second kappa shape index (κ2) is 6.93. The Morgan fingerprint density at radius 2 is 2.00 bits per heavy atom. The van der Waals surface area contributed by atoms with Crippen molar-refractivity contribution in [3.05, 3.63) is 34.7 Å². The van der Waals surface area contributed by atoms with Crippen LogP contribution in [0.5, 0.6) is 5.75 Å². The van der Waals surface area contributed by atoms with Gasteiger partial charge in [0.15, 0.2) is 0 Å². The lowest BCUT2D eigenvalue weighted by Gasteiger charge is -2.14. The molecule has 0 saturated carbocycles. The van der Waals surface area contributed by atoms with E-state index in [-0.39, 0.29) is 18.9 Å². The van der Waals surface area contributed by atoms with Gasteiger partial charge in [0.2, 0.25) is 0 Å². The predicted molar refractivity (Wildman–Crippen MR) is 87.1 cm³/mol. The molecule has 0 radical (unpaired) electrons. The molecule has 0 N–H and O–H groups in total. The van der Waals surface area contributed by atoms with Gasteiger partial charge in [-0.05, 0) is 30.2 Å². The molecule has 116 valence electrons. The summed E-state index contributed by atoms with van der Waals surface area (Å²) in [5.41, 5.74) is 1.69. The van der Waals surface area contributed by atoms with Crippen molar-refractivity contribution in [2.24, 2.45) is 0 Å². The molecule has 0 bridgehead atoms. The van der Waals surface area contributed by atoms with E-state index in [2.05, 4.69) is 0 Å². The number of aliphatic carboxylic acids is 1. The topological polar surface area (TPSA) is 69.7 Å². The number of amides is 1. The molecule has 5 nitrogen and oxygen atoms in total. The van der Waals surface area contributed by atoms with Crippen LogP contribution in [0.3, 0.4) is 0 Å². The number of thiocarbonyl (C=S) groups is 1. The van der Waals surface area contributed by atoms with E-state index in [4.69, 9.17) is 17.0 Å². The summed E-state index contributed by atoms with van der Waals surface area (Å²) in [7, 11) is 1.59. The first-order valence-corrected chi connectivity index (χ1v) is 7.75. The number of nitrogens with zero attached hydrogens (tertiary/aromatic N) is 1. The van der Waals surface area contributed by atoms with Gasteiger partial charge < -0.3 is 14.6 Å². The Labute approximate surface area is 137 Å². The van der Waals surface area contributed by atoms with Crippen molar-refractivity contribution in [3.63, 3.8) is 0 Å². The first-order chi connectivity index (χ1) is 10.4. The minimum atomic E-state index is -1.20. The fourth-order valence-corrected chi connectivity index (χ4v) is 3.35. The molecular formula is C15H14NO4S2-. The van der Waals surface area contributed by atoms with Crippen molar-refractivity contribution in [1.82, 2.24) is 4.90 Å². The number of carbonyl (C=O) groups excluding carboxylic acids is 2. The summed E-state index contributed by atoms with van der Waals surface area (Å²) in [6.45, 7) is 1.87. The molecule has 0 unspecified atom stereocenters. The molecule has 1 aromatic rings. The van der Waals surface area contributed by atoms with Crippen LogP contribution >= 0.6 is 24.0 Å². The van der Waals surface area contributed by atoms with Crippen molar-refractivity contribution < 1.29 is 19.4 Å². The van der Waals surface area contributed by atoms with Crippen LogP contribution in [0.2, 0.25) is 0 Å². The van der Waals surface area contributed by atoms with Crippen molar-refractivity contribution in [1.29, 1.82) is 0 Å². The van der Waals surface area contributed by atoms with Crippen LogP contribution in [-0.2, 0) is 9.59 Å². The summed E-state index contributed by atoms with van der Waals surface area (Å²) >= 11 is 6.35. The lowest BCUT2D eigenvalue weighted by atomic mass is 10.1. The van der Waals surface area contributed by atoms with Crippen molar-refractivity contribution in [2.75, 3.05) is 13.7 Å². The average Bonchev–Trinajstić information content (AvgIpc) is 2.79. The van der Waals surface area contributed by atoms with Gasteiger partial charge in [-0.25, -0.2) is 0 Å². The smallest absolute Gasteiger partial charge is 0.266 e. The van der Waals surface area contributed by atoms with Crippen LogP contribution in [0.25, 0.3) is 5.57 Å². The maximum Gasteiger partial charge on any atom is 0.266 e. The van der Waals surface area contributed by atoms with Gasteiger partial charge in [0.05, 0.1) is 12.0 Å². The van der Waals surface area contributed by atoms with Crippen molar-refractivity contribution in [3.8, 4) is 5.75 Å². The third-order valence-corrected chi connectivity index (χ3v) is 4.80. The van der Waals surface area contributed by atoms with Crippen LogP contribution in [-0.4, -0.2) is 34.8 Å². The predicted octanol–water partition coefficient (Wildman–Crippen LogP) is 1.43. The Hall–Kier alpha value is -1.86. The first kappa shape index (κ1) is 16.5. The molecule has 1 aromatic carbocycles. The van der Waals surface area contributed by atoms with E-state index in [1.165, 1.54) is 16.7 Å². The number of carboxylic acid groups (broad SMARTS) is 1. The van der Waals surface area contributed by atoms with Crippen LogP contribution in [0.15, 0.2) is 29.2 Å². The first-order valence-electron chi connectivity index (χ1n) is 6.53. The van der Waals surface area contributed by atoms with Crippen LogP contribution in [0, 0.1) is 0 Å². The van der Waals surface area contributed by atoms with E-state index in [0.29, 0.717) is 9.23 Å². The standard InChI is InChI=1S/C15H15NO4S2/c1-9(10-3-5-11(20-2)6-4-10)13-14(19)16(15(21)22-13)8-7-12(17)18/h3-6H,7-8H2,1-2H3,(H,17,18)/p-1/b13-9+. The lowest BCUT2D eigenvalue weighted by molar-refractivity contribution is -0.305. The number of hydrogen-bond donors (Lipinski definition) is 0. The Morgan fingerprint density at radius 1 is 1.36 bits per heavy atom. The van der Waals surface area contributed by atoms with Gasteiger partial charge >= 0.3 is 0 Å². The number of ether oxygens (including phenoxy) is 1. The van der Waals surface area contributed by atoms with Gasteiger partial charge in [0.25, 0.3) is 5.91 Å². The van der Waals surface area contributed by atoms with E-state index in [1.54, 1.807) is 7.11 Å². The molecular weight excluding hydrogens is 322 g/mol. The maximum absolute atomic E-state index is 12.4. The van der Waals surface area contributed by atoms with Crippen LogP contribution in [0.4, 0.5) is 0 Å². The second-order valence-corrected chi connectivity index (χ2v) is 6.27. The molecule has 2 rings (SSSR count). The highest BCUT2D eigenvalue weighted by Crippen LogP contribution is 2.36. The monoisotopic (exact) mass is 336 g/mol.